The van der Waals surface area contributed by atoms with Crippen LogP contribution in [0.5, 0.6) is 5.75 Å². The second kappa shape index (κ2) is 6.12. The summed E-state index contributed by atoms with van der Waals surface area (Å²) in [5.41, 5.74) is 8.41. The number of hydrogen-bond donors (Lipinski definition) is 1. The number of ether oxygens (including phenoxy) is 1. The van der Waals surface area contributed by atoms with Crippen LogP contribution in [0.25, 0.3) is 0 Å². The quantitative estimate of drug-likeness (QED) is 0.869. The monoisotopic (exact) mass is 336 g/mol. The summed E-state index contributed by atoms with van der Waals surface area (Å²) >= 11 is 8.42. The molecule has 3 nitrogen and oxygen atoms in total. The Morgan fingerprint density at radius 1 is 1.42 bits per heavy atom. The van der Waals surface area contributed by atoms with Gasteiger partial charge in [0.05, 0.1) is 11.3 Å². The molecule has 0 spiro atoms. The SMILES string of the molecule is Cc1cccnc1COc1ccc(Br)cc1C(N)=S. The summed E-state index contributed by atoms with van der Waals surface area (Å²) in [5, 5.41) is 0. The number of thiocarbonyl (C=S) groups is 1. The van der Waals surface area contributed by atoms with Crippen molar-refractivity contribution in [3.63, 3.8) is 0 Å². The van der Waals surface area contributed by atoms with Gasteiger partial charge in [-0.1, -0.05) is 34.2 Å². The lowest BCUT2D eigenvalue weighted by atomic mass is 10.2. The molecule has 2 N–H and O–H groups in total. The van der Waals surface area contributed by atoms with Crippen molar-refractivity contribution in [1.29, 1.82) is 0 Å². The third-order valence-corrected chi connectivity index (χ3v) is 3.40. The molecule has 19 heavy (non-hydrogen) atoms. The lowest BCUT2D eigenvalue weighted by Crippen LogP contribution is -2.12. The third kappa shape index (κ3) is 3.52. The van der Waals surface area contributed by atoms with Crippen LogP contribution in [0.15, 0.2) is 41.0 Å². The molecule has 98 valence electrons. The van der Waals surface area contributed by atoms with Gasteiger partial charge >= 0.3 is 0 Å². The second-order valence-electron chi connectivity index (χ2n) is 4.06. The maximum absolute atomic E-state index is 5.77. The van der Waals surface area contributed by atoms with Crippen molar-refractivity contribution >= 4 is 33.1 Å². The molecule has 0 unspecified atom stereocenters. The summed E-state index contributed by atoms with van der Waals surface area (Å²) < 4.78 is 6.68. The number of nitrogens with two attached hydrogens (primary N) is 1. The first kappa shape index (κ1) is 14.0. The van der Waals surface area contributed by atoms with E-state index in [-0.39, 0.29) is 0 Å². The molecule has 1 heterocycles. The molecule has 1 aromatic carbocycles. The van der Waals surface area contributed by atoms with Gasteiger partial charge in [0.2, 0.25) is 0 Å². The van der Waals surface area contributed by atoms with Crippen molar-refractivity contribution in [1.82, 2.24) is 4.98 Å². The zero-order valence-electron chi connectivity index (χ0n) is 10.4. The fraction of sp³-hybridized carbons (Fsp3) is 0.143. The molecule has 0 saturated heterocycles. The van der Waals surface area contributed by atoms with Gasteiger partial charge in [0, 0.05) is 10.7 Å². The van der Waals surface area contributed by atoms with E-state index in [4.69, 9.17) is 22.7 Å². The van der Waals surface area contributed by atoms with Crippen LogP contribution in [0.3, 0.4) is 0 Å². The van der Waals surface area contributed by atoms with Crippen molar-refractivity contribution in [3.8, 4) is 5.75 Å². The van der Waals surface area contributed by atoms with E-state index in [1.807, 2.05) is 37.3 Å². The van der Waals surface area contributed by atoms with E-state index < -0.39 is 0 Å². The smallest absolute Gasteiger partial charge is 0.130 e. The zero-order valence-corrected chi connectivity index (χ0v) is 12.8. The Kier molecular flexibility index (Phi) is 4.50. The van der Waals surface area contributed by atoms with E-state index in [2.05, 4.69) is 20.9 Å². The average molecular weight is 337 g/mol. The van der Waals surface area contributed by atoms with Gasteiger partial charge in [-0.2, -0.15) is 0 Å². The van der Waals surface area contributed by atoms with Crippen molar-refractivity contribution in [3.05, 3.63) is 57.8 Å². The Hall–Kier alpha value is -1.46. The molecule has 2 aromatic rings. The molecule has 0 fully saturated rings. The number of nitrogens with zero attached hydrogens (tertiary/aromatic N) is 1. The molecule has 0 atom stereocenters. The molecule has 0 radical (unpaired) electrons. The number of aryl methyl sites for hydroxylation is 1. The number of halogens is 1. The van der Waals surface area contributed by atoms with Crippen molar-refractivity contribution < 1.29 is 4.74 Å². The van der Waals surface area contributed by atoms with E-state index in [0.717, 1.165) is 21.3 Å². The fourth-order valence-corrected chi connectivity index (χ4v) is 2.16. The molecule has 5 heteroatoms. The lowest BCUT2D eigenvalue weighted by molar-refractivity contribution is 0.300. The van der Waals surface area contributed by atoms with Crippen LogP contribution in [0.2, 0.25) is 0 Å². The van der Waals surface area contributed by atoms with Gasteiger partial charge in [-0.05, 0) is 36.8 Å². The Bertz CT molecular complexity index is 616. The average Bonchev–Trinajstić information content (AvgIpc) is 2.38. The standard InChI is InChI=1S/C14H13BrN2OS/c1-9-3-2-6-17-12(9)8-18-13-5-4-10(15)7-11(13)14(16)19/h2-7H,8H2,1H3,(H2,16,19). The van der Waals surface area contributed by atoms with Crippen molar-refractivity contribution in [2.24, 2.45) is 5.73 Å². The van der Waals surface area contributed by atoms with Gasteiger partial charge < -0.3 is 10.5 Å². The van der Waals surface area contributed by atoms with Crippen LogP contribution >= 0.6 is 28.1 Å². The van der Waals surface area contributed by atoms with Crippen LogP contribution in [0.4, 0.5) is 0 Å². The van der Waals surface area contributed by atoms with Gasteiger partial charge in [-0.3, -0.25) is 4.98 Å². The van der Waals surface area contributed by atoms with E-state index in [1.54, 1.807) is 6.20 Å². The fourth-order valence-electron chi connectivity index (χ4n) is 1.64. The van der Waals surface area contributed by atoms with Crippen LogP contribution in [-0.4, -0.2) is 9.97 Å². The van der Waals surface area contributed by atoms with Crippen LogP contribution in [0, 0.1) is 6.92 Å². The van der Waals surface area contributed by atoms with Crippen LogP contribution < -0.4 is 10.5 Å². The topological polar surface area (TPSA) is 48.1 Å². The molecule has 0 aliphatic rings. The van der Waals surface area contributed by atoms with Crippen molar-refractivity contribution in [2.45, 2.75) is 13.5 Å². The summed E-state index contributed by atoms with van der Waals surface area (Å²) in [6.07, 6.45) is 1.75. The molecular weight excluding hydrogens is 324 g/mol. The Morgan fingerprint density at radius 3 is 2.89 bits per heavy atom. The molecule has 0 saturated carbocycles. The summed E-state index contributed by atoms with van der Waals surface area (Å²) in [5.74, 6) is 0.667. The predicted octanol–water partition coefficient (Wildman–Crippen LogP) is 3.37. The van der Waals surface area contributed by atoms with Gasteiger partial charge in [-0.25, -0.2) is 0 Å². The molecule has 0 aliphatic carbocycles. The molecule has 0 bridgehead atoms. The van der Waals surface area contributed by atoms with E-state index >= 15 is 0 Å². The normalized spacial score (nSPS) is 10.2. The van der Waals surface area contributed by atoms with Gasteiger partial charge in [0.15, 0.2) is 0 Å². The minimum atomic E-state index is 0.314. The maximum Gasteiger partial charge on any atom is 0.130 e. The highest BCUT2D eigenvalue weighted by Gasteiger charge is 2.08. The first-order valence-corrected chi connectivity index (χ1v) is 6.90. The molecule has 2 rings (SSSR count). The number of benzene rings is 1. The molecule has 0 amide bonds. The zero-order chi connectivity index (χ0) is 13.8. The van der Waals surface area contributed by atoms with Gasteiger partial charge in [-0.15, -0.1) is 0 Å². The summed E-state index contributed by atoms with van der Waals surface area (Å²) in [6, 6.07) is 9.49. The van der Waals surface area contributed by atoms with Crippen LogP contribution in [0.1, 0.15) is 16.8 Å². The molecular formula is C14H13BrN2OS. The van der Waals surface area contributed by atoms with Gasteiger partial charge in [0.25, 0.3) is 0 Å². The molecule has 0 aliphatic heterocycles. The number of rotatable bonds is 4. The van der Waals surface area contributed by atoms with E-state index in [9.17, 15) is 0 Å². The number of pyridine rings is 1. The minimum absolute atomic E-state index is 0.314. The predicted molar refractivity (Wildman–Crippen MR) is 83.3 cm³/mol. The summed E-state index contributed by atoms with van der Waals surface area (Å²) in [6.45, 7) is 2.39. The Balaban J connectivity index is 2.20. The Morgan fingerprint density at radius 2 is 2.21 bits per heavy atom. The maximum atomic E-state index is 5.77. The second-order valence-corrected chi connectivity index (χ2v) is 5.42. The summed E-state index contributed by atoms with van der Waals surface area (Å²) in [4.78, 5) is 4.60. The van der Waals surface area contributed by atoms with Crippen molar-refractivity contribution in [2.75, 3.05) is 0 Å². The van der Waals surface area contributed by atoms with Crippen LogP contribution in [-0.2, 0) is 6.61 Å². The number of hydrogen-bond acceptors (Lipinski definition) is 3. The highest BCUT2D eigenvalue weighted by atomic mass is 79.9. The third-order valence-electron chi connectivity index (χ3n) is 2.69. The number of aromatic nitrogens is 1. The summed E-state index contributed by atoms with van der Waals surface area (Å²) in [7, 11) is 0. The first-order chi connectivity index (χ1) is 9.08. The highest BCUT2D eigenvalue weighted by Crippen LogP contribution is 2.24. The lowest BCUT2D eigenvalue weighted by Gasteiger charge is -2.11. The van der Waals surface area contributed by atoms with Gasteiger partial charge in [0.1, 0.15) is 17.3 Å². The largest absolute Gasteiger partial charge is 0.487 e. The van der Waals surface area contributed by atoms with E-state index in [1.165, 1.54) is 0 Å². The molecule has 1 aromatic heterocycles. The minimum Gasteiger partial charge on any atom is -0.487 e. The first-order valence-electron chi connectivity index (χ1n) is 5.70. The Labute approximate surface area is 125 Å². The highest BCUT2D eigenvalue weighted by molar-refractivity contribution is 9.10. The van der Waals surface area contributed by atoms with E-state index in [0.29, 0.717) is 17.3 Å².